The van der Waals surface area contributed by atoms with Gasteiger partial charge >= 0.3 is 0 Å². The van der Waals surface area contributed by atoms with Crippen molar-refractivity contribution in [2.24, 2.45) is 10.2 Å². The zero-order valence-electron chi connectivity index (χ0n) is 17.9. The predicted molar refractivity (Wildman–Crippen MR) is 126 cm³/mol. The van der Waals surface area contributed by atoms with Crippen LogP contribution in [0.15, 0.2) is 89.7 Å². The molecule has 0 aliphatic rings. The molecular weight excluding hydrogens is 446 g/mol. The predicted octanol–water partition coefficient (Wildman–Crippen LogP) is 4.46. The van der Waals surface area contributed by atoms with E-state index in [1.807, 2.05) is 18.2 Å². The Morgan fingerprint density at radius 1 is 1.03 bits per heavy atom. The topological polar surface area (TPSA) is 154 Å². The summed E-state index contributed by atoms with van der Waals surface area (Å²) in [6.07, 6.45) is 3.87. The van der Waals surface area contributed by atoms with Gasteiger partial charge in [0.2, 0.25) is 0 Å². The van der Waals surface area contributed by atoms with E-state index in [2.05, 4.69) is 35.6 Å². The number of phenolic OH excluding ortho intramolecular Hbond substituents is 1. The van der Waals surface area contributed by atoms with Gasteiger partial charge in [-0.15, -0.1) is 10.2 Å². The van der Waals surface area contributed by atoms with E-state index in [0.29, 0.717) is 16.5 Å². The van der Waals surface area contributed by atoms with Crippen molar-refractivity contribution in [2.75, 3.05) is 5.32 Å². The molecule has 0 aliphatic carbocycles. The van der Waals surface area contributed by atoms with Crippen LogP contribution in [0.5, 0.6) is 5.75 Å². The van der Waals surface area contributed by atoms with Crippen LogP contribution in [0.2, 0.25) is 0 Å². The van der Waals surface area contributed by atoms with Crippen molar-refractivity contribution in [2.45, 2.75) is 0 Å². The smallest absolute Gasteiger partial charge is 0.259 e. The highest BCUT2D eigenvalue weighted by molar-refractivity contribution is 6.11. The maximum Gasteiger partial charge on any atom is 0.259 e. The zero-order chi connectivity index (χ0) is 24.2. The van der Waals surface area contributed by atoms with Gasteiger partial charge in [-0.25, -0.2) is 4.98 Å². The highest BCUT2D eigenvalue weighted by Gasteiger charge is 2.20. The molecule has 5 aromatic rings. The molecule has 168 valence electrons. The number of nitrogens with zero attached hydrogens (tertiary/aromatic N) is 8. The fraction of sp³-hybridized carbons (Fsp3) is 0. The molecule has 35 heavy (non-hydrogen) atoms. The van der Waals surface area contributed by atoms with Crippen molar-refractivity contribution in [3.05, 3.63) is 90.6 Å². The van der Waals surface area contributed by atoms with E-state index < -0.39 is 5.91 Å². The van der Waals surface area contributed by atoms with E-state index in [0.717, 1.165) is 0 Å². The second-order valence-electron chi connectivity index (χ2n) is 7.21. The molecule has 0 bridgehead atoms. The van der Waals surface area contributed by atoms with E-state index in [1.54, 1.807) is 48.5 Å². The third kappa shape index (κ3) is 4.14. The molecule has 0 unspecified atom stereocenters. The van der Waals surface area contributed by atoms with Crippen molar-refractivity contribution in [1.82, 2.24) is 24.7 Å². The lowest BCUT2D eigenvalue weighted by molar-refractivity contribution is 0.102. The third-order valence-corrected chi connectivity index (χ3v) is 5.05. The summed E-state index contributed by atoms with van der Waals surface area (Å²) in [6, 6.07) is 19.6. The van der Waals surface area contributed by atoms with Gasteiger partial charge in [0.15, 0.2) is 11.6 Å². The lowest BCUT2D eigenvalue weighted by atomic mass is 10.0. The van der Waals surface area contributed by atoms with Gasteiger partial charge in [0, 0.05) is 11.1 Å². The summed E-state index contributed by atoms with van der Waals surface area (Å²) in [5, 5.41) is 37.1. The summed E-state index contributed by atoms with van der Waals surface area (Å²) in [6.45, 7) is 0. The lowest BCUT2D eigenvalue weighted by Crippen LogP contribution is -2.12. The molecule has 11 nitrogen and oxygen atoms in total. The van der Waals surface area contributed by atoms with Crippen LogP contribution >= 0.6 is 0 Å². The van der Waals surface area contributed by atoms with Gasteiger partial charge in [-0.1, -0.05) is 42.5 Å². The normalized spacial score (nSPS) is 10.9. The Hall–Kier alpha value is -5.50. The number of carbonyl (C=O) groups is 1. The van der Waals surface area contributed by atoms with Crippen molar-refractivity contribution in [1.29, 1.82) is 5.26 Å². The first-order valence-corrected chi connectivity index (χ1v) is 10.3. The Kier molecular flexibility index (Phi) is 5.59. The molecule has 3 aromatic carbocycles. The molecule has 2 aromatic heterocycles. The molecule has 0 aliphatic heterocycles. The van der Waals surface area contributed by atoms with Gasteiger partial charge in [0.1, 0.15) is 30.0 Å². The minimum atomic E-state index is -0.510. The van der Waals surface area contributed by atoms with Gasteiger partial charge in [0.25, 0.3) is 11.9 Å². The molecule has 2 heterocycles. The van der Waals surface area contributed by atoms with Crippen LogP contribution in [-0.4, -0.2) is 35.7 Å². The Labute approximate surface area is 198 Å². The number of aromatic hydroxyl groups is 1. The summed E-state index contributed by atoms with van der Waals surface area (Å²) in [5.74, 6) is -0.670. The quantitative estimate of drug-likeness (QED) is 0.366. The largest absolute Gasteiger partial charge is 0.505 e. The molecule has 2 N–H and O–H groups in total. The van der Waals surface area contributed by atoms with E-state index in [1.165, 1.54) is 23.5 Å². The first kappa shape index (κ1) is 21.4. The molecule has 0 spiro atoms. The van der Waals surface area contributed by atoms with E-state index in [4.69, 9.17) is 0 Å². The summed E-state index contributed by atoms with van der Waals surface area (Å²) in [5.41, 5.74) is 0.783. The molecular formula is C24H15N9O2. The molecule has 0 radical (unpaired) electrons. The Morgan fingerprint density at radius 3 is 2.54 bits per heavy atom. The first-order chi connectivity index (χ1) is 17.2. The summed E-state index contributed by atoms with van der Waals surface area (Å²) >= 11 is 0. The Balaban J connectivity index is 1.61. The van der Waals surface area contributed by atoms with Crippen LogP contribution in [0.4, 0.5) is 17.2 Å². The lowest BCUT2D eigenvalue weighted by Gasteiger charge is -2.11. The van der Waals surface area contributed by atoms with Crippen molar-refractivity contribution in [3.63, 3.8) is 0 Å². The second-order valence-corrected chi connectivity index (χ2v) is 7.21. The minimum absolute atomic E-state index is 0.0213. The monoisotopic (exact) mass is 461 g/mol. The number of carbonyl (C=O) groups excluding carboxylic acids is 1. The average Bonchev–Trinajstić information content (AvgIpc) is 3.32. The Morgan fingerprint density at radius 2 is 1.77 bits per heavy atom. The number of azo groups is 1. The highest BCUT2D eigenvalue weighted by atomic mass is 16.3. The second kappa shape index (κ2) is 9.16. The van der Waals surface area contributed by atoms with Crippen LogP contribution in [0.1, 0.15) is 15.9 Å². The molecule has 0 fully saturated rings. The van der Waals surface area contributed by atoms with Gasteiger partial charge in [0.05, 0.1) is 11.8 Å². The third-order valence-electron chi connectivity index (χ3n) is 5.05. The minimum Gasteiger partial charge on any atom is -0.505 e. The number of rotatable bonds is 5. The Bertz CT molecular complexity index is 1610. The molecule has 5 rings (SSSR count). The van der Waals surface area contributed by atoms with Crippen molar-refractivity contribution < 1.29 is 9.90 Å². The van der Waals surface area contributed by atoms with Crippen LogP contribution in [-0.2, 0) is 0 Å². The number of amides is 1. The average molecular weight is 461 g/mol. The first-order valence-electron chi connectivity index (χ1n) is 10.3. The van der Waals surface area contributed by atoms with Gasteiger partial charge in [-0.05, 0) is 23.6 Å². The number of nitrogens with one attached hydrogen (secondary N) is 1. The fourth-order valence-corrected chi connectivity index (χ4v) is 3.42. The number of anilines is 1. The maximum atomic E-state index is 13.0. The van der Waals surface area contributed by atoms with Crippen molar-refractivity contribution in [3.8, 4) is 17.8 Å². The fourth-order valence-electron chi connectivity index (χ4n) is 3.42. The van der Waals surface area contributed by atoms with Gasteiger partial charge in [-0.2, -0.15) is 25.0 Å². The van der Waals surface area contributed by atoms with Crippen LogP contribution in [0.25, 0.3) is 16.7 Å². The van der Waals surface area contributed by atoms with Crippen molar-refractivity contribution >= 4 is 33.9 Å². The highest BCUT2D eigenvalue weighted by Crippen LogP contribution is 2.40. The van der Waals surface area contributed by atoms with Gasteiger partial charge < -0.3 is 10.4 Å². The number of para-hydroxylation sites is 1. The molecule has 0 saturated heterocycles. The summed E-state index contributed by atoms with van der Waals surface area (Å²) in [7, 11) is 0. The maximum absolute atomic E-state index is 13.0. The van der Waals surface area contributed by atoms with Gasteiger partial charge in [-0.3, -0.25) is 4.79 Å². The molecule has 11 heteroatoms. The number of fused-ring (bicyclic) bond motifs is 1. The summed E-state index contributed by atoms with van der Waals surface area (Å²) in [4.78, 5) is 24.8. The number of phenols is 1. The molecule has 1 amide bonds. The molecule has 0 saturated carbocycles. The number of nitriles is 1. The van der Waals surface area contributed by atoms with E-state index >= 15 is 0 Å². The van der Waals surface area contributed by atoms with E-state index in [-0.39, 0.29) is 34.3 Å². The van der Waals surface area contributed by atoms with E-state index in [9.17, 15) is 15.2 Å². The zero-order valence-corrected chi connectivity index (χ0v) is 17.9. The van der Waals surface area contributed by atoms with Crippen LogP contribution in [0, 0.1) is 11.3 Å². The number of hydrogen-bond donors (Lipinski definition) is 2. The number of aromatic nitrogens is 5. The standard InChI is InChI=1S/C24H15N9O2/c25-11-16-12-29-33(24-27-13-26-14-28-24)22(16)32-31-20-18-9-5-4-6-15(18)10-19(21(20)34)23(35)30-17-7-2-1-3-8-17/h1-10,12-14,34H,(H,30,35)/b32-31+. The van der Waals surface area contributed by atoms with Crippen LogP contribution < -0.4 is 5.32 Å². The number of hydrogen-bond acceptors (Lipinski definition) is 9. The SMILES string of the molecule is N#Cc1cnn(-c2ncncn2)c1/N=N/c1c(O)c(C(=O)Nc2ccccc2)cc2ccccc12. The number of benzene rings is 3. The summed E-state index contributed by atoms with van der Waals surface area (Å²) < 4.78 is 1.23. The molecule has 0 atom stereocenters. The van der Waals surface area contributed by atoms with Crippen LogP contribution in [0.3, 0.4) is 0 Å².